The summed E-state index contributed by atoms with van der Waals surface area (Å²) in [5.74, 6) is 0. The molecule has 0 saturated heterocycles. The highest BCUT2D eigenvalue weighted by atomic mass is 16.6. The molecule has 0 radical (unpaired) electrons. The fourth-order valence-corrected chi connectivity index (χ4v) is 7.41. The number of nitrogens with two attached hydrogens (primary N) is 2. The molecule has 0 amide bonds. The van der Waals surface area contributed by atoms with Gasteiger partial charge < -0.3 is 158 Å². The molecule has 101 heavy (non-hydrogen) atoms. The lowest BCUT2D eigenvalue weighted by atomic mass is 10.2. The van der Waals surface area contributed by atoms with Gasteiger partial charge in [-0.05, 0) is 38.8 Å². The van der Waals surface area contributed by atoms with Crippen LogP contribution in [0.1, 0.15) is 25.7 Å². The van der Waals surface area contributed by atoms with Crippen LogP contribution in [-0.4, -0.2) is 423 Å². The molecule has 0 fully saturated rings. The van der Waals surface area contributed by atoms with E-state index in [0.29, 0.717) is 410 Å². The first-order valence-electron chi connectivity index (χ1n) is 36.7. The molecule has 4 N–H and O–H groups in total. The molecule has 33 heteroatoms. The van der Waals surface area contributed by atoms with E-state index in [0.717, 1.165) is 38.8 Å². The first-order valence-corrected chi connectivity index (χ1v) is 36.7. The van der Waals surface area contributed by atoms with Gasteiger partial charge in [0.2, 0.25) is 0 Å². The van der Waals surface area contributed by atoms with E-state index in [1.165, 1.54) is 0 Å². The molecule has 0 aliphatic heterocycles. The molecule has 0 bridgehead atoms. The third kappa shape index (κ3) is 98.7. The van der Waals surface area contributed by atoms with Crippen LogP contribution in [-0.2, 0) is 147 Å². The van der Waals surface area contributed by atoms with Gasteiger partial charge in [0.05, 0.1) is 396 Å². The second kappa shape index (κ2) is 98.7. The summed E-state index contributed by atoms with van der Waals surface area (Å²) >= 11 is 0. The zero-order valence-electron chi connectivity index (χ0n) is 61.9. The average Bonchev–Trinajstić information content (AvgIpc) is 3.68. The van der Waals surface area contributed by atoms with Gasteiger partial charge in [0.25, 0.3) is 0 Å². The van der Waals surface area contributed by atoms with Crippen molar-refractivity contribution in [3.63, 3.8) is 0 Å². The van der Waals surface area contributed by atoms with Crippen molar-refractivity contribution in [3.05, 3.63) is 0 Å². The van der Waals surface area contributed by atoms with Crippen molar-refractivity contribution in [2.75, 3.05) is 423 Å². The van der Waals surface area contributed by atoms with Crippen LogP contribution in [0.5, 0.6) is 0 Å². The van der Waals surface area contributed by atoms with E-state index in [9.17, 15) is 0 Å². The Hall–Kier alpha value is -1.32. The SMILES string of the molecule is NCCCCCOCCOCCOCCOCCOCCOCCOCCOCCOCCOCCOCCOCCOCCOCCOCCOCCOCCOCCOCCOCCOCCOCCOCCOCCOCCOCCOCCOCCOCCOCCOCCCN. The van der Waals surface area contributed by atoms with Crippen LogP contribution in [0.3, 0.4) is 0 Å². The van der Waals surface area contributed by atoms with E-state index in [4.69, 9.17) is 158 Å². The van der Waals surface area contributed by atoms with Crippen molar-refractivity contribution in [1.82, 2.24) is 0 Å². The minimum Gasteiger partial charge on any atom is -0.379 e. The van der Waals surface area contributed by atoms with Crippen molar-refractivity contribution < 1.29 is 147 Å². The second-order valence-electron chi connectivity index (χ2n) is 21.0. The van der Waals surface area contributed by atoms with Crippen LogP contribution in [0, 0.1) is 0 Å². The molecular formula is C68H140N2O31. The van der Waals surface area contributed by atoms with Gasteiger partial charge in [-0.15, -0.1) is 0 Å². The summed E-state index contributed by atoms with van der Waals surface area (Å²) < 4.78 is 171. The Kier molecular flexibility index (Phi) is 97.4. The Labute approximate surface area is 604 Å². The van der Waals surface area contributed by atoms with Gasteiger partial charge >= 0.3 is 0 Å². The van der Waals surface area contributed by atoms with E-state index < -0.39 is 0 Å². The van der Waals surface area contributed by atoms with Crippen molar-refractivity contribution in [2.24, 2.45) is 11.5 Å². The summed E-state index contributed by atoms with van der Waals surface area (Å²) in [5, 5.41) is 0. The van der Waals surface area contributed by atoms with Gasteiger partial charge in [-0.2, -0.15) is 0 Å². The lowest BCUT2D eigenvalue weighted by molar-refractivity contribution is -0.0325. The molecule has 0 heterocycles. The maximum absolute atomic E-state index is 5.54. The predicted molar refractivity (Wildman–Crippen MR) is 372 cm³/mol. The Morgan fingerprint density at radius 3 is 0.248 bits per heavy atom. The van der Waals surface area contributed by atoms with Crippen molar-refractivity contribution >= 4 is 0 Å². The standard InChI is InChI=1S/C68H140N2O31/c69-5-2-1-3-7-71-9-11-73-13-15-75-17-19-77-21-23-79-25-27-81-29-31-83-33-35-85-37-39-87-41-43-89-45-47-91-49-51-93-53-55-95-57-59-97-61-63-99-65-67-101-68-66-100-64-62-98-60-58-96-56-54-94-52-50-92-48-46-90-44-42-88-40-38-86-36-34-84-32-30-82-28-26-80-24-22-78-20-18-76-16-14-74-12-10-72-8-4-6-70/h1-70H2. The molecule has 0 unspecified atom stereocenters. The van der Waals surface area contributed by atoms with Crippen molar-refractivity contribution in [1.29, 1.82) is 0 Å². The summed E-state index contributed by atoms with van der Waals surface area (Å²) in [4.78, 5) is 0. The molecule has 0 aromatic carbocycles. The van der Waals surface area contributed by atoms with E-state index in [1.54, 1.807) is 0 Å². The highest BCUT2D eigenvalue weighted by Gasteiger charge is 2.03. The van der Waals surface area contributed by atoms with Crippen LogP contribution in [0.15, 0.2) is 0 Å². The molecule has 0 saturated carbocycles. The minimum atomic E-state index is 0.480. The summed E-state index contributed by atoms with van der Waals surface area (Å²) in [5.41, 5.74) is 10.9. The lowest BCUT2D eigenvalue weighted by Crippen LogP contribution is -2.16. The van der Waals surface area contributed by atoms with Crippen LogP contribution in [0.4, 0.5) is 0 Å². The predicted octanol–water partition coefficient (Wildman–Crippen LogP) is 0.979. The number of rotatable bonds is 98. The first-order chi connectivity index (χ1) is 50.4. The number of hydrogen-bond donors (Lipinski definition) is 2. The van der Waals surface area contributed by atoms with E-state index in [-0.39, 0.29) is 0 Å². The summed E-state index contributed by atoms with van der Waals surface area (Å²) in [6.45, 7) is 32.6. The number of ether oxygens (including phenoxy) is 31. The lowest BCUT2D eigenvalue weighted by Gasteiger charge is -2.09. The minimum absolute atomic E-state index is 0.480. The first kappa shape index (κ1) is 99.7. The van der Waals surface area contributed by atoms with Crippen LogP contribution in [0.25, 0.3) is 0 Å². The molecule has 608 valence electrons. The normalized spacial score (nSPS) is 11.8. The number of hydrogen-bond acceptors (Lipinski definition) is 33. The Balaban J connectivity index is 3.09. The molecule has 0 aliphatic rings. The van der Waals surface area contributed by atoms with Gasteiger partial charge in [0, 0.05) is 13.2 Å². The van der Waals surface area contributed by atoms with Gasteiger partial charge in [0.15, 0.2) is 0 Å². The highest BCUT2D eigenvalue weighted by Crippen LogP contribution is 1.96. The zero-order valence-corrected chi connectivity index (χ0v) is 61.9. The maximum atomic E-state index is 5.54. The van der Waals surface area contributed by atoms with Crippen LogP contribution in [0.2, 0.25) is 0 Å². The molecule has 0 atom stereocenters. The van der Waals surface area contributed by atoms with E-state index >= 15 is 0 Å². The molecule has 0 aromatic rings. The summed E-state index contributed by atoms with van der Waals surface area (Å²) in [7, 11) is 0. The molecule has 0 spiro atoms. The van der Waals surface area contributed by atoms with E-state index in [1.807, 2.05) is 0 Å². The van der Waals surface area contributed by atoms with Gasteiger partial charge in [-0.3, -0.25) is 0 Å². The third-order valence-electron chi connectivity index (χ3n) is 12.6. The third-order valence-corrected chi connectivity index (χ3v) is 12.6. The summed E-state index contributed by atoms with van der Waals surface area (Å²) in [6, 6.07) is 0. The van der Waals surface area contributed by atoms with Crippen molar-refractivity contribution in [3.8, 4) is 0 Å². The Bertz CT molecular complexity index is 1320. The highest BCUT2D eigenvalue weighted by molar-refractivity contribution is 4.46. The van der Waals surface area contributed by atoms with Gasteiger partial charge in [-0.25, -0.2) is 0 Å². The molecule has 0 aromatic heterocycles. The number of unbranched alkanes of at least 4 members (excludes halogenated alkanes) is 2. The molecule has 33 nitrogen and oxygen atoms in total. The largest absolute Gasteiger partial charge is 0.379 e. The molecule has 0 rings (SSSR count). The topological polar surface area (TPSA) is 338 Å². The summed E-state index contributed by atoms with van der Waals surface area (Å²) in [6.07, 6.45) is 4.06. The average molecular weight is 1480 g/mol. The fourth-order valence-electron chi connectivity index (χ4n) is 7.41. The second-order valence-corrected chi connectivity index (χ2v) is 21.0. The quantitative estimate of drug-likeness (QED) is 0.0802. The van der Waals surface area contributed by atoms with Gasteiger partial charge in [-0.1, -0.05) is 0 Å². The Morgan fingerprint density at radius 2 is 0.158 bits per heavy atom. The monoisotopic (exact) mass is 1480 g/mol. The Morgan fingerprint density at radius 1 is 0.0792 bits per heavy atom. The molecule has 0 aliphatic carbocycles. The maximum Gasteiger partial charge on any atom is 0.0701 e. The smallest absolute Gasteiger partial charge is 0.0701 e. The van der Waals surface area contributed by atoms with E-state index in [2.05, 4.69) is 0 Å². The van der Waals surface area contributed by atoms with Gasteiger partial charge in [0.1, 0.15) is 0 Å². The van der Waals surface area contributed by atoms with Crippen LogP contribution < -0.4 is 11.5 Å². The van der Waals surface area contributed by atoms with Crippen LogP contribution >= 0.6 is 0 Å². The molecular weight excluding hydrogens is 1340 g/mol. The fraction of sp³-hybridized carbons (Fsp3) is 1.00. The van der Waals surface area contributed by atoms with Crippen molar-refractivity contribution in [2.45, 2.75) is 25.7 Å². The zero-order chi connectivity index (χ0) is 72.0.